The number of hydrogen-bond acceptors (Lipinski definition) is 3. The van der Waals surface area contributed by atoms with Gasteiger partial charge in [-0.05, 0) is 6.42 Å². The summed E-state index contributed by atoms with van der Waals surface area (Å²) in [7, 11) is 1.75. The second-order valence-electron chi connectivity index (χ2n) is 3.28. The number of hydrogen-bond donors (Lipinski definition) is 0. The van der Waals surface area contributed by atoms with Crippen molar-refractivity contribution in [3.8, 4) is 0 Å². The summed E-state index contributed by atoms with van der Waals surface area (Å²) in [5.74, 6) is 0.774. The van der Waals surface area contributed by atoms with Gasteiger partial charge in [-0.2, -0.15) is 0 Å². The third-order valence-electron chi connectivity index (χ3n) is 1.98. The molecule has 0 aliphatic rings. The van der Waals surface area contributed by atoms with Gasteiger partial charge in [0.25, 0.3) is 5.56 Å². The van der Waals surface area contributed by atoms with Gasteiger partial charge in [-0.3, -0.25) is 9.36 Å². The van der Waals surface area contributed by atoms with Crippen molar-refractivity contribution in [3.63, 3.8) is 0 Å². The second-order valence-corrected chi connectivity index (χ2v) is 4.26. The highest BCUT2D eigenvalue weighted by molar-refractivity contribution is 7.99. The highest BCUT2D eigenvalue weighted by Crippen LogP contribution is 2.13. The van der Waals surface area contributed by atoms with E-state index in [-0.39, 0.29) is 5.56 Å². The van der Waals surface area contributed by atoms with Crippen LogP contribution in [0.2, 0.25) is 0 Å². The minimum Gasteiger partial charge on any atom is -0.291 e. The van der Waals surface area contributed by atoms with Crippen molar-refractivity contribution in [2.24, 2.45) is 7.05 Å². The van der Waals surface area contributed by atoms with Gasteiger partial charge in [0.05, 0.1) is 0 Å². The molecule has 1 aromatic rings. The van der Waals surface area contributed by atoms with Crippen LogP contribution in [0, 0.1) is 0 Å². The number of aryl methyl sites for hydroxylation is 1. The molecule has 0 aliphatic heterocycles. The minimum absolute atomic E-state index is 0.0139. The number of nitrogens with zero attached hydrogens (tertiary/aromatic N) is 2. The average molecular weight is 224 g/mol. The highest BCUT2D eigenvalue weighted by Gasteiger charge is 2.04. The molecule has 15 heavy (non-hydrogen) atoms. The Labute approximate surface area is 94.2 Å². The predicted octanol–water partition coefficient (Wildman–Crippen LogP) is 2.01. The molecule has 1 rings (SSSR count). The Morgan fingerprint density at radius 1 is 1.67 bits per heavy atom. The molecule has 1 heterocycles. The van der Waals surface area contributed by atoms with E-state index < -0.39 is 0 Å². The molecule has 0 atom stereocenters. The quantitative estimate of drug-likeness (QED) is 0.436. The molecule has 0 saturated carbocycles. The molecule has 0 bridgehead atoms. The molecule has 0 unspecified atom stereocenters. The van der Waals surface area contributed by atoms with Gasteiger partial charge >= 0.3 is 0 Å². The van der Waals surface area contributed by atoms with Crippen LogP contribution in [0.4, 0.5) is 0 Å². The van der Waals surface area contributed by atoms with Gasteiger partial charge < -0.3 is 0 Å². The molecule has 0 amide bonds. The average Bonchev–Trinajstić information content (AvgIpc) is 2.21. The molecule has 0 N–H and O–H groups in total. The first kappa shape index (κ1) is 12.0. The maximum Gasteiger partial charge on any atom is 0.254 e. The Morgan fingerprint density at radius 3 is 3.00 bits per heavy atom. The van der Waals surface area contributed by atoms with Crippen LogP contribution in [-0.2, 0) is 13.5 Å². The zero-order valence-corrected chi connectivity index (χ0v) is 10.0. The fourth-order valence-electron chi connectivity index (χ4n) is 1.21. The van der Waals surface area contributed by atoms with E-state index in [1.807, 2.05) is 6.08 Å². The summed E-state index contributed by atoms with van der Waals surface area (Å²) in [4.78, 5) is 16.0. The molecular weight excluding hydrogens is 208 g/mol. The molecule has 0 radical (unpaired) electrons. The van der Waals surface area contributed by atoms with Crippen molar-refractivity contribution >= 4 is 11.8 Å². The van der Waals surface area contributed by atoms with Crippen LogP contribution in [0.15, 0.2) is 28.7 Å². The fourth-order valence-corrected chi connectivity index (χ4v) is 1.94. The smallest absolute Gasteiger partial charge is 0.254 e. The summed E-state index contributed by atoms with van der Waals surface area (Å²) in [6, 6.07) is 1.61. The monoisotopic (exact) mass is 224 g/mol. The standard InChI is InChI=1S/C11H16N2OS/c1-4-6-9-8-10(14)13(3)11(12-9)15-7-5-2/h5,8H,2,4,6-7H2,1,3H3. The molecule has 1 aromatic heterocycles. The summed E-state index contributed by atoms with van der Waals surface area (Å²) in [5, 5.41) is 0.769. The van der Waals surface area contributed by atoms with Crippen molar-refractivity contribution in [3.05, 3.63) is 34.8 Å². The molecule has 3 nitrogen and oxygen atoms in total. The van der Waals surface area contributed by atoms with E-state index in [1.54, 1.807) is 17.7 Å². The number of aromatic nitrogens is 2. The van der Waals surface area contributed by atoms with Crippen LogP contribution in [0.5, 0.6) is 0 Å². The van der Waals surface area contributed by atoms with Gasteiger partial charge in [-0.15, -0.1) is 6.58 Å². The van der Waals surface area contributed by atoms with E-state index in [4.69, 9.17) is 0 Å². The molecular formula is C11H16N2OS. The molecule has 0 aliphatic carbocycles. The lowest BCUT2D eigenvalue weighted by molar-refractivity contribution is 0.683. The third kappa shape index (κ3) is 3.23. The molecule has 0 fully saturated rings. The molecule has 0 aromatic carbocycles. The number of thioether (sulfide) groups is 1. The molecule has 4 heteroatoms. The third-order valence-corrected chi connectivity index (χ3v) is 3.01. The van der Waals surface area contributed by atoms with Crippen LogP contribution in [-0.4, -0.2) is 15.3 Å². The van der Waals surface area contributed by atoms with E-state index in [1.165, 1.54) is 11.8 Å². The van der Waals surface area contributed by atoms with E-state index in [0.29, 0.717) is 0 Å². The summed E-state index contributed by atoms with van der Waals surface area (Å²) >= 11 is 1.54. The Kier molecular flexibility index (Phi) is 4.62. The fraction of sp³-hybridized carbons (Fsp3) is 0.455. The van der Waals surface area contributed by atoms with Crippen molar-refractivity contribution < 1.29 is 0 Å². The maximum absolute atomic E-state index is 11.6. The summed E-state index contributed by atoms with van der Waals surface area (Å²) in [5.41, 5.74) is 0.896. The van der Waals surface area contributed by atoms with Crippen LogP contribution in [0.1, 0.15) is 19.0 Å². The first-order chi connectivity index (χ1) is 7.19. The zero-order valence-electron chi connectivity index (χ0n) is 9.19. The van der Waals surface area contributed by atoms with E-state index >= 15 is 0 Å². The Morgan fingerprint density at radius 2 is 2.40 bits per heavy atom. The van der Waals surface area contributed by atoms with Crippen molar-refractivity contribution in [1.82, 2.24) is 9.55 Å². The first-order valence-electron chi connectivity index (χ1n) is 4.99. The first-order valence-corrected chi connectivity index (χ1v) is 5.98. The van der Waals surface area contributed by atoms with Gasteiger partial charge in [0.15, 0.2) is 5.16 Å². The Bertz CT molecular complexity index is 398. The largest absolute Gasteiger partial charge is 0.291 e. The van der Waals surface area contributed by atoms with E-state index in [2.05, 4.69) is 18.5 Å². The Balaban J connectivity index is 3.01. The summed E-state index contributed by atoms with van der Waals surface area (Å²) in [6.45, 7) is 5.73. The normalized spacial score (nSPS) is 10.3. The van der Waals surface area contributed by atoms with Gasteiger partial charge in [-0.1, -0.05) is 31.2 Å². The van der Waals surface area contributed by atoms with Gasteiger partial charge in [0.2, 0.25) is 0 Å². The summed E-state index contributed by atoms with van der Waals surface area (Å²) < 4.78 is 1.58. The predicted molar refractivity (Wildman–Crippen MR) is 64.4 cm³/mol. The van der Waals surface area contributed by atoms with Crippen molar-refractivity contribution in [1.29, 1.82) is 0 Å². The highest BCUT2D eigenvalue weighted by atomic mass is 32.2. The Hall–Kier alpha value is -1.03. The molecule has 0 spiro atoms. The van der Waals surface area contributed by atoms with Crippen LogP contribution < -0.4 is 5.56 Å². The molecule has 0 saturated heterocycles. The summed E-state index contributed by atoms with van der Waals surface area (Å²) in [6.07, 6.45) is 3.67. The zero-order chi connectivity index (χ0) is 11.3. The van der Waals surface area contributed by atoms with Crippen molar-refractivity contribution in [2.75, 3.05) is 5.75 Å². The molecule has 82 valence electrons. The SMILES string of the molecule is C=CCSc1nc(CCC)cc(=O)n1C. The lowest BCUT2D eigenvalue weighted by Gasteiger charge is -2.07. The van der Waals surface area contributed by atoms with Gasteiger partial charge in [0, 0.05) is 24.6 Å². The van der Waals surface area contributed by atoms with Gasteiger partial charge in [0.1, 0.15) is 0 Å². The van der Waals surface area contributed by atoms with Crippen LogP contribution in [0.3, 0.4) is 0 Å². The lowest BCUT2D eigenvalue weighted by Crippen LogP contribution is -2.20. The number of rotatable bonds is 5. The lowest BCUT2D eigenvalue weighted by atomic mass is 10.2. The minimum atomic E-state index is 0.0139. The van der Waals surface area contributed by atoms with E-state index in [0.717, 1.165) is 29.4 Å². The van der Waals surface area contributed by atoms with Gasteiger partial charge in [-0.25, -0.2) is 4.98 Å². The second kappa shape index (κ2) is 5.75. The topological polar surface area (TPSA) is 34.9 Å². The maximum atomic E-state index is 11.6. The van der Waals surface area contributed by atoms with E-state index in [9.17, 15) is 4.79 Å². The van der Waals surface area contributed by atoms with Crippen LogP contribution in [0.25, 0.3) is 0 Å². The van der Waals surface area contributed by atoms with Crippen molar-refractivity contribution in [2.45, 2.75) is 24.9 Å². The van der Waals surface area contributed by atoms with Crippen LogP contribution >= 0.6 is 11.8 Å².